The second-order valence-corrected chi connectivity index (χ2v) is 10.6. The van der Waals surface area contributed by atoms with Gasteiger partial charge in [0.25, 0.3) is 11.2 Å². The number of nitro groups is 1. The van der Waals surface area contributed by atoms with E-state index in [-0.39, 0.29) is 23.7 Å². The van der Waals surface area contributed by atoms with Crippen molar-refractivity contribution in [1.29, 1.82) is 0 Å². The molecule has 0 aliphatic rings. The van der Waals surface area contributed by atoms with E-state index in [1.807, 2.05) is 0 Å². The van der Waals surface area contributed by atoms with Gasteiger partial charge in [0.05, 0.1) is 29.2 Å². The van der Waals surface area contributed by atoms with Crippen molar-refractivity contribution in [3.8, 4) is 23.1 Å². The summed E-state index contributed by atoms with van der Waals surface area (Å²) in [5, 5.41) is 17.2. The van der Waals surface area contributed by atoms with Gasteiger partial charge in [0.15, 0.2) is 17.3 Å². The molecule has 0 N–H and O–H groups in total. The highest BCUT2D eigenvalue weighted by Gasteiger charge is 2.17. The minimum Gasteiger partial charge on any atom is -0.493 e. The van der Waals surface area contributed by atoms with Crippen LogP contribution in [0, 0.1) is 10.1 Å². The summed E-state index contributed by atoms with van der Waals surface area (Å²) in [7, 11) is 1.51. The number of non-ortho nitro benzene ring substituents is 1. The highest BCUT2D eigenvalue weighted by molar-refractivity contribution is 9.10. The number of nitrogens with zero attached hydrogens (tertiary/aromatic N) is 4. The number of fused-ring (bicyclic) bond motifs is 2. The Kier molecular flexibility index (Phi) is 7.66. The number of furan rings is 1. The van der Waals surface area contributed by atoms with Gasteiger partial charge in [0, 0.05) is 32.6 Å². The summed E-state index contributed by atoms with van der Waals surface area (Å²) in [6.07, 6.45) is 1.51. The zero-order valence-electron chi connectivity index (χ0n) is 22.4. The molecule has 0 spiro atoms. The third-order valence-electron chi connectivity index (χ3n) is 6.59. The van der Waals surface area contributed by atoms with Crippen molar-refractivity contribution in [2.75, 3.05) is 7.11 Å². The summed E-state index contributed by atoms with van der Waals surface area (Å²) in [4.78, 5) is 28.8. The smallest absolute Gasteiger partial charge is 0.282 e. The summed E-state index contributed by atoms with van der Waals surface area (Å²) in [6.45, 7) is 0.165. The third-order valence-corrected chi connectivity index (χ3v) is 7.51. The van der Waals surface area contributed by atoms with E-state index in [1.54, 1.807) is 72.8 Å². The van der Waals surface area contributed by atoms with Crippen LogP contribution in [0.15, 0.2) is 104 Å². The van der Waals surface area contributed by atoms with Crippen LogP contribution in [0.5, 0.6) is 11.5 Å². The van der Waals surface area contributed by atoms with Crippen LogP contribution in [-0.2, 0) is 6.61 Å². The Hall–Kier alpha value is -5.00. The Morgan fingerprint density at radius 1 is 1.07 bits per heavy atom. The van der Waals surface area contributed by atoms with Gasteiger partial charge >= 0.3 is 0 Å². The number of para-hydroxylation sites is 1. The molecule has 10 nitrogen and oxygen atoms in total. The monoisotopic (exact) mass is 658 g/mol. The van der Waals surface area contributed by atoms with Crippen molar-refractivity contribution in [2.45, 2.75) is 6.61 Å². The number of hydrogen-bond acceptors (Lipinski definition) is 8. The highest BCUT2D eigenvalue weighted by atomic mass is 79.9. The lowest BCUT2D eigenvalue weighted by molar-refractivity contribution is -0.384. The second-order valence-electron chi connectivity index (χ2n) is 9.34. The van der Waals surface area contributed by atoms with Crippen molar-refractivity contribution < 1.29 is 18.8 Å². The molecule has 0 bridgehead atoms. The molecule has 0 saturated heterocycles. The topological polar surface area (TPSA) is 122 Å². The molecule has 0 unspecified atom stereocenters. The van der Waals surface area contributed by atoms with E-state index in [2.05, 4.69) is 21.0 Å². The summed E-state index contributed by atoms with van der Waals surface area (Å²) in [6, 6.07) is 23.5. The molecule has 0 aliphatic carbocycles. The molecule has 0 radical (unpaired) electrons. The van der Waals surface area contributed by atoms with Gasteiger partial charge < -0.3 is 13.9 Å². The second kappa shape index (κ2) is 11.7. The molecule has 0 aliphatic heterocycles. The summed E-state index contributed by atoms with van der Waals surface area (Å²) >= 11 is 9.71. The van der Waals surface area contributed by atoms with Crippen LogP contribution in [0.2, 0.25) is 5.02 Å². The largest absolute Gasteiger partial charge is 0.493 e. The number of aromatic nitrogens is 2. The van der Waals surface area contributed by atoms with Crippen LogP contribution in [-0.4, -0.2) is 27.9 Å². The molecule has 4 aromatic carbocycles. The molecule has 2 aromatic heterocycles. The standard InChI is InChI=1S/C31H20BrClN4O6/c1-41-27-14-20(24(32)15-28(27)42-17-18-6-9-22(10-7-18)37(39)40)16-34-36-30(35-25-5-3-2-4-23(25)31(36)38)29-13-19-12-21(33)8-11-26(19)43-29/h2-16H,17H2,1H3. The molecular weight excluding hydrogens is 640 g/mol. The lowest BCUT2D eigenvalue weighted by atomic mass is 10.2. The quantitative estimate of drug-likeness (QED) is 0.0937. The van der Waals surface area contributed by atoms with Gasteiger partial charge in [-0.05, 0) is 82.2 Å². The van der Waals surface area contributed by atoms with Crippen molar-refractivity contribution in [3.63, 3.8) is 0 Å². The fourth-order valence-corrected chi connectivity index (χ4v) is 5.04. The minimum absolute atomic E-state index is 0.00121. The lowest BCUT2D eigenvalue weighted by Crippen LogP contribution is -2.20. The Morgan fingerprint density at radius 3 is 2.63 bits per heavy atom. The average molecular weight is 660 g/mol. The molecule has 6 aromatic rings. The van der Waals surface area contributed by atoms with E-state index in [0.717, 1.165) is 10.9 Å². The van der Waals surface area contributed by atoms with Crippen molar-refractivity contribution in [3.05, 3.63) is 126 Å². The maximum absolute atomic E-state index is 13.6. The molecule has 0 saturated carbocycles. The Labute approximate surface area is 257 Å². The Morgan fingerprint density at radius 2 is 1.86 bits per heavy atom. The first-order valence-corrected chi connectivity index (χ1v) is 14.0. The van der Waals surface area contributed by atoms with Gasteiger partial charge in [-0.3, -0.25) is 14.9 Å². The van der Waals surface area contributed by atoms with E-state index in [0.29, 0.717) is 48.8 Å². The van der Waals surface area contributed by atoms with Crippen LogP contribution in [0.25, 0.3) is 33.5 Å². The molecule has 0 atom stereocenters. The minimum atomic E-state index is -0.456. The zero-order chi connectivity index (χ0) is 30.1. The molecule has 6 rings (SSSR count). The molecular formula is C31H20BrClN4O6. The number of methoxy groups -OCH3 is 1. The first-order valence-electron chi connectivity index (χ1n) is 12.8. The van der Waals surface area contributed by atoms with E-state index in [4.69, 9.17) is 30.5 Å². The van der Waals surface area contributed by atoms with Crippen LogP contribution in [0.3, 0.4) is 0 Å². The van der Waals surface area contributed by atoms with Crippen molar-refractivity contribution in [1.82, 2.24) is 9.66 Å². The van der Waals surface area contributed by atoms with Gasteiger partial charge in [-0.25, -0.2) is 4.98 Å². The predicted molar refractivity (Wildman–Crippen MR) is 167 cm³/mol. The zero-order valence-corrected chi connectivity index (χ0v) is 24.7. The number of rotatable bonds is 8. The third kappa shape index (κ3) is 5.72. The van der Waals surface area contributed by atoms with Crippen LogP contribution >= 0.6 is 27.5 Å². The maximum Gasteiger partial charge on any atom is 0.282 e. The SMILES string of the molecule is COc1cc(C=Nn2c(-c3cc4cc(Cl)ccc4o3)nc3ccccc3c2=O)c(Br)cc1OCc1ccc([N+](=O)[O-])cc1. The van der Waals surface area contributed by atoms with E-state index in [1.165, 1.54) is 30.1 Å². The molecule has 0 amide bonds. The number of hydrogen-bond donors (Lipinski definition) is 0. The van der Waals surface area contributed by atoms with Gasteiger partial charge in [0.2, 0.25) is 5.82 Å². The van der Waals surface area contributed by atoms with Crippen LogP contribution in [0.4, 0.5) is 5.69 Å². The molecule has 12 heteroatoms. The van der Waals surface area contributed by atoms with Crippen molar-refractivity contribution in [2.24, 2.45) is 5.10 Å². The number of benzene rings is 4. The molecule has 214 valence electrons. The fourth-order valence-electron chi connectivity index (χ4n) is 4.43. The predicted octanol–water partition coefficient (Wildman–Crippen LogP) is 7.60. The highest BCUT2D eigenvalue weighted by Crippen LogP contribution is 2.34. The van der Waals surface area contributed by atoms with Gasteiger partial charge in [-0.15, -0.1) is 0 Å². The van der Waals surface area contributed by atoms with E-state index in [9.17, 15) is 14.9 Å². The maximum atomic E-state index is 13.6. The summed E-state index contributed by atoms with van der Waals surface area (Å²) in [5.41, 5.74) is 2.07. The lowest BCUT2D eigenvalue weighted by Gasteiger charge is -2.13. The van der Waals surface area contributed by atoms with Crippen molar-refractivity contribution >= 4 is 61.3 Å². The van der Waals surface area contributed by atoms with Gasteiger partial charge in [-0.2, -0.15) is 9.78 Å². The summed E-state index contributed by atoms with van der Waals surface area (Å²) < 4.78 is 19.3. The number of halogens is 2. The Bertz CT molecular complexity index is 2110. The van der Waals surface area contributed by atoms with E-state index >= 15 is 0 Å². The fraction of sp³-hybridized carbons (Fsp3) is 0.0645. The van der Waals surface area contributed by atoms with Gasteiger partial charge in [-0.1, -0.05) is 23.7 Å². The van der Waals surface area contributed by atoms with Gasteiger partial charge in [0.1, 0.15) is 12.2 Å². The summed E-state index contributed by atoms with van der Waals surface area (Å²) in [5.74, 6) is 1.43. The molecule has 2 heterocycles. The van der Waals surface area contributed by atoms with Crippen LogP contribution < -0.4 is 15.0 Å². The number of ether oxygens (including phenoxy) is 2. The average Bonchev–Trinajstić information content (AvgIpc) is 3.43. The van der Waals surface area contributed by atoms with Crippen LogP contribution in [0.1, 0.15) is 11.1 Å². The first kappa shape index (κ1) is 28.1. The van der Waals surface area contributed by atoms with E-state index < -0.39 is 4.92 Å². The molecule has 43 heavy (non-hydrogen) atoms. The number of nitro benzene ring substituents is 1. The Balaban J connectivity index is 1.36. The first-order chi connectivity index (χ1) is 20.8. The molecule has 0 fully saturated rings. The normalized spacial score (nSPS) is 11.4.